The van der Waals surface area contributed by atoms with Crippen molar-refractivity contribution in [1.29, 1.82) is 5.26 Å². The van der Waals surface area contributed by atoms with Gasteiger partial charge in [-0.1, -0.05) is 54.1 Å². The third kappa shape index (κ3) is 5.54. The molecule has 6 nitrogen and oxygen atoms in total. The van der Waals surface area contributed by atoms with Crippen molar-refractivity contribution in [3.8, 4) is 11.8 Å². The van der Waals surface area contributed by atoms with Gasteiger partial charge in [0.05, 0.1) is 34.8 Å². The van der Waals surface area contributed by atoms with Crippen LogP contribution in [0.4, 0.5) is 0 Å². The number of carbonyl (C=O) groups is 1. The molecule has 1 atom stereocenters. The van der Waals surface area contributed by atoms with Crippen LogP contribution in [0, 0.1) is 11.3 Å². The minimum atomic E-state index is 0.0775. The summed E-state index contributed by atoms with van der Waals surface area (Å²) < 4.78 is 1.95. The summed E-state index contributed by atoms with van der Waals surface area (Å²) in [6, 6.07) is 28.2. The molecule has 2 aliphatic heterocycles. The summed E-state index contributed by atoms with van der Waals surface area (Å²) in [5, 5.41) is 14.5. The Balaban J connectivity index is 1.22. The van der Waals surface area contributed by atoms with Crippen LogP contribution in [0.1, 0.15) is 63.8 Å². The number of halogens is 1. The number of aromatic nitrogens is 2. The van der Waals surface area contributed by atoms with Crippen LogP contribution in [0.25, 0.3) is 5.69 Å². The fraction of sp³-hybridized carbons (Fsp3) is 0.303. The van der Waals surface area contributed by atoms with E-state index in [1.165, 1.54) is 11.1 Å². The molecule has 4 aromatic rings. The summed E-state index contributed by atoms with van der Waals surface area (Å²) in [7, 11) is 0. The van der Waals surface area contributed by atoms with Gasteiger partial charge in [0.15, 0.2) is 0 Å². The number of rotatable bonds is 6. The number of nitrogens with zero attached hydrogens (tertiary/aromatic N) is 5. The third-order valence-electron chi connectivity index (χ3n) is 8.32. The van der Waals surface area contributed by atoms with Gasteiger partial charge in [0.2, 0.25) is 0 Å². The van der Waals surface area contributed by atoms with Crippen molar-refractivity contribution >= 4 is 17.5 Å². The molecule has 2 fully saturated rings. The van der Waals surface area contributed by atoms with Crippen LogP contribution in [-0.2, 0) is 6.54 Å². The van der Waals surface area contributed by atoms with E-state index in [2.05, 4.69) is 35.2 Å². The largest absolute Gasteiger partial charge is 0.338 e. The van der Waals surface area contributed by atoms with Crippen LogP contribution in [0.15, 0.2) is 85.1 Å². The van der Waals surface area contributed by atoms with E-state index in [-0.39, 0.29) is 11.8 Å². The van der Waals surface area contributed by atoms with Crippen LogP contribution in [0.3, 0.4) is 0 Å². The second-order valence-electron chi connectivity index (χ2n) is 10.8. The van der Waals surface area contributed by atoms with Gasteiger partial charge in [0, 0.05) is 36.5 Å². The number of nitriles is 1. The highest BCUT2D eigenvalue weighted by Crippen LogP contribution is 2.35. The lowest BCUT2D eigenvalue weighted by Crippen LogP contribution is -2.34. The molecule has 0 N–H and O–H groups in total. The molecule has 0 unspecified atom stereocenters. The summed E-state index contributed by atoms with van der Waals surface area (Å²) in [5.41, 5.74) is 5.83. The highest BCUT2D eigenvalue weighted by molar-refractivity contribution is 6.30. The Kier molecular flexibility index (Phi) is 7.68. The van der Waals surface area contributed by atoms with Gasteiger partial charge in [-0.25, -0.2) is 4.68 Å². The molecule has 3 heterocycles. The van der Waals surface area contributed by atoms with Gasteiger partial charge in [0.1, 0.15) is 0 Å². The zero-order chi connectivity index (χ0) is 27.5. The van der Waals surface area contributed by atoms with E-state index in [4.69, 9.17) is 22.0 Å². The van der Waals surface area contributed by atoms with E-state index in [9.17, 15) is 4.79 Å². The summed E-state index contributed by atoms with van der Waals surface area (Å²) in [6.07, 6.45) is 4.64. The predicted molar refractivity (Wildman–Crippen MR) is 157 cm³/mol. The Morgan fingerprint density at radius 3 is 2.30 bits per heavy atom. The van der Waals surface area contributed by atoms with E-state index < -0.39 is 0 Å². The van der Waals surface area contributed by atoms with Crippen molar-refractivity contribution in [3.63, 3.8) is 0 Å². The number of hydrogen-bond donors (Lipinski definition) is 0. The normalized spacial score (nSPS) is 18.1. The Morgan fingerprint density at radius 2 is 1.60 bits per heavy atom. The molecule has 0 radical (unpaired) electrons. The van der Waals surface area contributed by atoms with Gasteiger partial charge in [-0.3, -0.25) is 9.69 Å². The molecule has 0 spiro atoms. The molecule has 40 heavy (non-hydrogen) atoms. The lowest BCUT2D eigenvalue weighted by atomic mass is 9.90. The molecule has 202 valence electrons. The van der Waals surface area contributed by atoms with Gasteiger partial charge in [-0.2, -0.15) is 10.4 Å². The van der Waals surface area contributed by atoms with Gasteiger partial charge < -0.3 is 4.90 Å². The van der Waals surface area contributed by atoms with Crippen LogP contribution in [0.2, 0.25) is 5.02 Å². The minimum absolute atomic E-state index is 0.0775. The van der Waals surface area contributed by atoms with Gasteiger partial charge >= 0.3 is 0 Å². The van der Waals surface area contributed by atoms with Crippen molar-refractivity contribution in [2.75, 3.05) is 26.2 Å². The Bertz CT molecular complexity index is 1500. The molecule has 7 heteroatoms. The number of benzene rings is 3. The molecular weight excluding hydrogens is 518 g/mol. The van der Waals surface area contributed by atoms with Gasteiger partial charge in [-0.05, 0) is 79.9 Å². The van der Waals surface area contributed by atoms with E-state index >= 15 is 0 Å². The zero-order valence-corrected chi connectivity index (χ0v) is 23.2. The number of carbonyl (C=O) groups excluding carboxylic acids is 1. The molecule has 2 aliphatic rings. The second kappa shape index (κ2) is 11.7. The molecule has 0 saturated carbocycles. The first-order chi connectivity index (χ1) is 19.6. The lowest BCUT2D eigenvalue weighted by Gasteiger charge is -2.33. The molecular formula is C33H32ClN5O. The van der Waals surface area contributed by atoms with Crippen LogP contribution >= 0.6 is 11.6 Å². The third-order valence-corrected chi connectivity index (χ3v) is 8.57. The Labute approximate surface area is 240 Å². The predicted octanol–water partition coefficient (Wildman–Crippen LogP) is 6.41. The van der Waals surface area contributed by atoms with Crippen LogP contribution < -0.4 is 0 Å². The first kappa shape index (κ1) is 26.3. The number of piperidine rings is 1. The first-order valence-electron chi connectivity index (χ1n) is 14.0. The second-order valence-corrected chi connectivity index (χ2v) is 11.3. The monoisotopic (exact) mass is 549 g/mol. The van der Waals surface area contributed by atoms with E-state index in [0.717, 1.165) is 63.4 Å². The van der Waals surface area contributed by atoms with Crippen molar-refractivity contribution in [2.45, 2.75) is 37.6 Å². The highest BCUT2D eigenvalue weighted by atomic mass is 35.5. The minimum Gasteiger partial charge on any atom is -0.338 e. The molecule has 6 rings (SSSR count). The number of hydrogen-bond acceptors (Lipinski definition) is 4. The quantitative estimate of drug-likeness (QED) is 0.279. The van der Waals surface area contributed by atoms with Gasteiger partial charge in [-0.15, -0.1) is 0 Å². The fourth-order valence-electron chi connectivity index (χ4n) is 6.12. The summed E-state index contributed by atoms with van der Waals surface area (Å²) in [5.74, 6) is 0.667. The summed E-state index contributed by atoms with van der Waals surface area (Å²) >= 11 is 6.18. The van der Waals surface area contributed by atoms with Crippen molar-refractivity contribution in [1.82, 2.24) is 19.6 Å². The van der Waals surface area contributed by atoms with Crippen molar-refractivity contribution < 1.29 is 4.79 Å². The van der Waals surface area contributed by atoms with Crippen molar-refractivity contribution in [3.05, 3.63) is 118 Å². The maximum atomic E-state index is 14.0. The average molecular weight is 550 g/mol. The SMILES string of the molecule is N#Cc1ccc(CN2CCC(c3c(C(=O)N4CC[C@H](c5ccccc5)C4)cnn3-c3ccc(Cl)cc3)CC2)cc1. The van der Waals surface area contributed by atoms with Crippen LogP contribution in [-0.4, -0.2) is 51.7 Å². The topological polar surface area (TPSA) is 65.2 Å². The molecule has 1 aromatic heterocycles. The zero-order valence-electron chi connectivity index (χ0n) is 22.4. The summed E-state index contributed by atoms with van der Waals surface area (Å²) in [4.78, 5) is 18.4. The average Bonchev–Trinajstić information content (AvgIpc) is 3.67. The molecule has 0 bridgehead atoms. The number of amides is 1. The first-order valence-corrected chi connectivity index (χ1v) is 14.4. The van der Waals surface area contributed by atoms with E-state index in [0.29, 0.717) is 22.1 Å². The highest BCUT2D eigenvalue weighted by Gasteiger charge is 2.34. The van der Waals surface area contributed by atoms with Gasteiger partial charge in [0.25, 0.3) is 5.91 Å². The standard InChI is InChI=1S/C33H32ClN5O/c34-29-10-12-30(13-11-29)39-32(27-14-17-37(18-15-27)22-25-8-6-24(20-35)7-9-25)31(21-36-39)33(40)38-19-16-28(23-38)26-4-2-1-3-5-26/h1-13,21,27-28H,14-19,22-23H2/t28-/m0/s1. The van der Waals surface area contributed by atoms with E-state index in [1.807, 2.05) is 64.2 Å². The molecule has 3 aromatic carbocycles. The smallest absolute Gasteiger partial charge is 0.257 e. The lowest BCUT2D eigenvalue weighted by molar-refractivity contribution is 0.0788. The fourth-order valence-corrected chi connectivity index (χ4v) is 6.25. The molecule has 0 aliphatic carbocycles. The maximum absolute atomic E-state index is 14.0. The molecule has 1 amide bonds. The maximum Gasteiger partial charge on any atom is 0.257 e. The van der Waals surface area contributed by atoms with E-state index in [1.54, 1.807) is 6.20 Å². The van der Waals surface area contributed by atoms with Crippen LogP contribution in [0.5, 0.6) is 0 Å². The van der Waals surface area contributed by atoms with Crippen molar-refractivity contribution in [2.24, 2.45) is 0 Å². The Morgan fingerprint density at radius 1 is 0.900 bits per heavy atom. The Hall–Kier alpha value is -3.92. The number of likely N-dealkylation sites (tertiary alicyclic amines) is 2. The molecule has 2 saturated heterocycles. The summed E-state index contributed by atoms with van der Waals surface area (Å²) in [6.45, 7) is 4.22.